The molecule has 1 aliphatic heterocycles. The summed E-state index contributed by atoms with van der Waals surface area (Å²) in [4.78, 5) is 2.12. The Hall–Kier alpha value is -3.16. The highest BCUT2D eigenvalue weighted by molar-refractivity contribution is 5.70. The number of aromatic nitrogens is 2. The van der Waals surface area contributed by atoms with Gasteiger partial charge in [-0.3, -0.25) is 0 Å². The molecule has 7 nitrogen and oxygen atoms in total. The number of aliphatic hydroxyl groups is 1. The number of anilines is 3. The van der Waals surface area contributed by atoms with Crippen LogP contribution in [0, 0.1) is 36.5 Å². The number of aliphatic hydroxyl groups excluding tert-OH is 1. The van der Waals surface area contributed by atoms with Crippen LogP contribution in [0.4, 0.5) is 17.2 Å². The molecule has 1 fully saturated rings. The van der Waals surface area contributed by atoms with Gasteiger partial charge in [0, 0.05) is 18.8 Å². The molecule has 1 aromatic heterocycles. The maximum absolute atomic E-state index is 9.66. The molecule has 2 N–H and O–H groups in total. The van der Waals surface area contributed by atoms with Gasteiger partial charge in [0.05, 0.1) is 23.0 Å². The van der Waals surface area contributed by atoms with Crippen molar-refractivity contribution in [3.8, 4) is 12.1 Å². The average Bonchev–Trinajstić information content (AvgIpc) is 2.66. The van der Waals surface area contributed by atoms with Crippen LogP contribution in [0.3, 0.4) is 0 Å². The first kappa shape index (κ1) is 17.7. The summed E-state index contributed by atoms with van der Waals surface area (Å²) in [6.07, 6.45) is 1.15. The van der Waals surface area contributed by atoms with Crippen LogP contribution in [-0.2, 0) is 0 Å². The largest absolute Gasteiger partial charge is 0.393 e. The average molecular weight is 348 g/mol. The molecule has 0 amide bonds. The predicted molar refractivity (Wildman–Crippen MR) is 98.1 cm³/mol. The Morgan fingerprint density at radius 1 is 1.15 bits per heavy atom. The topological polar surface area (TPSA) is 109 Å². The molecule has 1 aromatic carbocycles. The third-order valence-electron chi connectivity index (χ3n) is 4.75. The molecule has 2 aromatic rings. The number of hydrogen-bond donors (Lipinski definition) is 2. The smallest absolute Gasteiger partial charge is 0.171 e. The number of rotatable bonds is 3. The number of hydrogen-bond acceptors (Lipinski definition) is 7. The lowest BCUT2D eigenvalue weighted by molar-refractivity contribution is 0.145. The van der Waals surface area contributed by atoms with Crippen LogP contribution < -0.4 is 10.2 Å². The summed E-state index contributed by atoms with van der Waals surface area (Å²) >= 11 is 0. The molecule has 0 aliphatic carbocycles. The zero-order valence-corrected chi connectivity index (χ0v) is 14.8. The van der Waals surface area contributed by atoms with E-state index in [0.717, 1.165) is 24.3 Å². The van der Waals surface area contributed by atoms with Gasteiger partial charge in [-0.2, -0.15) is 15.6 Å². The summed E-state index contributed by atoms with van der Waals surface area (Å²) in [7, 11) is 0. The van der Waals surface area contributed by atoms with Gasteiger partial charge in [0.15, 0.2) is 5.82 Å². The van der Waals surface area contributed by atoms with Crippen molar-refractivity contribution in [2.75, 3.05) is 23.3 Å². The fourth-order valence-electron chi connectivity index (χ4n) is 3.06. The minimum Gasteiger partial charge on any atom is -0.393 e. The van der Waals surface area contributed by atoms with Gasteiger partial charge in [-0.05, 0) is 50.5 Å². The Labute approximate surface area is 152 Å². The normalized spacial score (nSPS) is 14.6. The second-order valence-corrected chi connectivity index (χ2v) is 6.43. The molecule has 1 saturated heterocycles. The number of aryl methyl sites for hydroxylation is 1. The van der Waals surface area contributed by atoms with Crippen LogP contribution in [0.1, 0.15) is 35.2 Å². The van der Waals surface area contributed by atoms with Crippen LogP contribution in [0.25, 0.3) is 0 Å². The summed E-state index contributed by atoms with van der Waals surface area (Å²) in [5, 5.41) is 39.8. The molecule has 0 unspecified atom stereocenters. The molecule has 1 aliphatic rings. The van der Waals surface area contributed by atoms with E-state index in [1.807, 2.05) is 26.0 Å². The van der Waals surface area contributed by atoms with Crippen molar-refractivity contribution in [3.63, 3.8) is 0 Å². The van der Waals surface area contributed by atoms with Crippen LogP contribution in [0.5, 0.6) is 0 Å². The van der Waals surface area contributed by atoms with Gasteiger partial charge < -0.3 is 15.3 Å². The minimum atomic E-state index is -0.259. The van der Waals surface area contributed by atoms with E-state index in [4.69, 9.17) is 0 Å². The minimum absolute atomic E-state index is 0.259. The Morgan fingerprint density at radius 3 is 2.54 bits per heavy atom. The van der Waals surface area contributed by atoms with Gasteiger partial charge in [-0.25, -0.2) is 0 Å². The van der Waals surface area contributed by atoms with Gasteiger partial charge in [0.2, 0.25) is 0 Å². The highest BCUT2D eigenvalue weighted by atomic mass is 16.3. The lowest BCUT2D eigenvalue weighted by Crippen LogP contribution is -2.36. The molecule has 132 valence electrons. The van der Waals surface area contributed by atoms with Gasteiger partial charge in [-0.15, -0.1) is 5.10 Å². The molecule has 0 spiro atoms. The maximum Gasteiger partial charge on any atom is 0.171 e. The Bertz CT molecular complexity index is 903. The lowest BCUT2D eigenvalue weighted by atomic mass is 10.0. The highest BCUT2D eigenvalue weighted by Gasteiger charge is 2.20. The second kappa shape index (κ2) is 7.38. The van der Waals surface area contributed by atoms with Crippen molar-refractivity contribution in [2.45, 2.75) is 32.8 Å². The number of benzene rings is 1. The number of nitriles is 2. The van der Waals surface area contributed by atoms with Gasteiger partial charge in [0.1, 0.15) is 17.7 Å². The Morgan fingerprint density at radius 2 is 1.88 bits per heavy atom. The molecule has 0 atom stereocenters. The van der Waals surface area contributed by atoms with Crippen LogP contribution in [0.2, 0.25) is 0 Å². The van der Waals surface area contributed by atoms with E-state index < -0.39 is 0 Å². The summed E-state index contributed by atoms with van der Waals surface area (Å²) in [5.74, 6) is 0.383. The van der Waals surface area contributed by atoms with Crippen molar-refractivity contribution in [2.24, 2.45) is 0 Å². The zero-order chi connectivity index (χ0) is 18.7. The van der Waals surface area contributed by atoms with Crippen molar-refractivity contribution in [1.82, 2.24) is 10.2 Å². The maximum atomic E-state index is 9.66. The SMILES string of the molecule is Cc1nnc(Nc2ccc(N3CCC(O)CC3)c(C#N)c2)c(C#N)c1C. The van der Waals surface area contributed by atoms with Crippen molar-refractivity contribution in [1.29, 1.82) is 10.5 Å². The third-order valence-corrected chi connectivity index (χ3v) is 4.75. The van der Waals surface area contributed by atoms with Crippen molar-refractivity contribution >= 4 is 17.2 Å². The number of piperidine rings is 1. The third kappa shape index (κ3) is 3.44. The Kier molecular flexibility index (Phi) is 5.01. The van der Waals surface area contributed by atoms with E-state index in [-0.39, 0.29) is 6.10 Å². The summed E-state index contributed by atoms with van der Waals surface area (Å²) < 4.78 is 0. The Balaban J connectivity index is 1.88. The van der Waals surface area contributed by atoms with Gasteiger partial charge in [0.25, 0.3) is 0 Å². The van der Waals surface area contributed by atoms with Crippen LogP contribution >= 0.6 is 0 Å². The highest BCUT2D eigenvalue weighted by Crippen LogP contribution is 2.29. The first-order valence-corrected chi connectivity index (χ1v) is 8.51. The van der Waals surface area contributed by atoms with E-state index in [1.165, 1.54) is 0 Å². The van der Waals surface area contributed by atoms with E-state index in [1.54, 1.807) is 6.07 Å². The lowest BCUT2D eigenvalue weighted by Gasteiger charge is -2.32. The molecular weight excluding hydrogens is 328 g/mol. The first-order chi connectivity index (χ1) is 12.5. The quantitative estimate of drug-likeness (QED) is 0.877. The van der Waals surface area contributed by atoms with Gasteiger partial charge >= 0.3 is 0 Å². The molecule has 7 heteroatoms. The fourth-order valence-corrected chi connectivity index (χ4v) is 3.06. The van der Waals surface area contributed by atoms with Crippen LogP contribution in [0.15, 0.2) is 18.2 Å². The first-order valence-electron chi connectivity index (χ1n) is 8.51. The van der Waals surface area contributed by atoms with Crippen LogP contribution in [-0.4, -0.2) is 34.5 Å². The predicted octanol–water partition coefficient (Wildman–Crippen LogP) is 2.54. The van der Waals surface area contributed by atoms with E-state index in [9.17, 15) is 15.6 Å². The molecule has 0 saturated carbocycles. The number of nitrogens with zero attached hydrogens (tertiary/aromatic N) is 5. The van der Waals surface area contributed by atoms with E-state index in [0.29, 0.717) is 41.2 Å². The summed E-state index contributed by atoms with van der Waals surface area (Å²) in [6.45, 7) is 5.10. The van der Waals surface area contributed by atoms with E-state index >= 15 is 0 Å². The molecule has 0 bridgehead atoms. The fraction of sp³-hybridized carbons (Fsp3) is 0.368. The molecular formula is C19H20N6O. The monoisotopic (exact) mass is 348 g/mol. The summed E-state index contributed by atoms with van der Waals surface area (Å²) in [5.41, 5.74) is 4.03. The molecule has 26 heavy (non-hydrogen) atoms. The second-order valence-electron chi connectivity index (χ2n) is 6.43. The molecule has 0 radical (unpaired) electrons. The van der Waals surface area contributed by atoms with Crippen molar-refractivity contribution < 1.29 is 5.11 Å². The number of nitrogens with one attached hydrogen (secondary N) is 1. The molecule has 3 rings (SSSR count). The standard InChI is InChI=1S/C19H20N6O/c1-12-13(2)23-24-19(17(12)11-21)22-15-3-4-18(14(9-15)10-20)25-7-5-16(26)6-8-25/h3-4,9,16,26H,5-8H2,1-2H3,(H,22,24). The summed E-state index contributed by atoms with van der Waals surface area (Å²) in [6, 6.07) is 9.89. The van der Waals surface area contributed by atoms with Gasteiger partial charge in [-0.1, -0.05) is 0 Å². The van der Waals surface area contributed by atoms with E-state index in [2.05, 4.69) is 32.6 Å². The molecule has 2 heterocycles. The van der Waals surface area contributed by atoms with Crippen molar-refractivity contribution in [3.05, 3.63) is 40.6 Å². The zero-order valence-electron chi connectivity index (χ0n) is 14.8.